The average Bonchev–Trinajstić information content (AvgIpc) is 2.46. The monoisotopic (exact) mass is 265 g/mol. The second kappa shape index (κ2) is 7.74. The van der Waals surface area contributed by atoms with E-state index < -0.39 is 0 Å². The highest BCUT2D eigenvalue weighted by molar-refractivity contribution is 5.92. The Morgan fingerprint density at radius 3 is 2.68 bits per heavy atom. The average molecular weight is 265 g/mol. The van der Waals surface area contributed by atoms with Crippen molar-refractivity contribution >= 4 is 11.6 Å². The third kappa shape index (κ3) is 3.92. The summed E-state index contributed by atoms with van der Waals surface area (Å²) in [5.41, 5.74) is 1.32. The van der Waals surface area contributed by atoms with Crippen LogP contribution in [0.5, 0.6) is 0 Å². The Bertz CT molecular complexity index is 405. The Morgan fingerprint density at radius 2 is 2.16 bits per heavy atom. The standard InChI is InChI=1S/C14H23N3O2/c1-4-11(5-2)17(8-9-18)12-6-7-16-13(10-12)14(19)15-3/h6-7,10-11,18H,4-5,8-9H2,1-3H3,(H,15,19). The molecule has 1 amide bonds. The lowest BCUT2D eigenvalue weighted by Gasteiger charge is -2.32. The number of amides is 1. The number of hydrogen-bond acceptors (Lipinski definition) is 4. The van der Waals surface area contributed by atoms with Gasteiger partial charge in [0.25, 0.3) is 5.91 Å². The summed E-state index contributed by atoms with van der Waals surface area (Å²) in [7, 11) is 1.59. The van der Waals surface area contributed by atoms with Crippen LogP contribution in [-0.4, -0.2) is 42.2 Å². The predicted octanol–water partition coefficient (Wildman–Crippen LogP) is 1.43. The van der Waals surface area contributed by atoms with Crippen LogP contribution >= 0.6 is 0 Å². The Morgan fingerprint density at radius 1 is 1.47 bits per heavy atom. The first-order chi connectivity index (χ1) is 9.17. The van der Waals surface area contributed by atoms with Gasteiger partial charge in [0.1, 0.15) is 5.69 Å². The summed E-state index contributed by atoms with van der Waals surface area (Å²) in [6.07, 6.45) is 3.62. The van der Waals surface area contributed by atoms with Gasteiger partial charge in [-0.3, -0.25) is 9.78 Å². The van der Waals surface area contributed by atoms with E-state index in [4.69, 9.17) is 0 Å². The molecule has 0 aliphatic carbocycles. The van der Waals surface area contributed by atoms with Crippen molar-refractivity contribution in [1.82, 2.24) is 10.3 Å². The largest absolute Gasteiger partial charge is 0.395 e. The summed E-state index contributed by atoms with van der Waals surface area (Å²) in [6, 6.07) is 4.00. The number of carbonyl (C=O) groups is 1. The number of aliphatic hydroxyl groups is 1. The van der Waals surface area contributed by atoms with Gasteiger partial charge in [0, 0.05) is 31.5 Å². The zero-order valence-electron chi connectivity index (χ0n) is 11.9. The van der Waals surface area contributed by atoms with Gasteiger partial charge in [0.05, 0.1) is 6.61 Å². The van der Waals surface area contributed by atoms with E-state index in [1.54, 1.807) is 19.3 Å². The molecule has 0 unspecified atom stereocenters. The smallest absolute Gasteiger partial charge is 0.269 e. The minimum Gasteiger partial charge on any atom is -0.395 e. The molecule has 0 aromatic carbocycles. The zero-order valence-corrected chi connectivity index (χ0v) is 11.9. The number of nitrogens with one attached hydrogen (secondary N) is 1. The molecule has 5 heteroatoms. The van der Waals surface area contributed by atoms with Crippen LogP contribution < -0.4 is 10.2 Å². The molecule has 1 heterocycles. The molecule has 0 aliphatic rings. The van der Waals surface area contributed by atoms with Gasteiger partial charge in [-0.15, -0.1) is 0 Å². The molecular formula is C14H23N3O2. The summed E-state index contributed by atoms with van der Waals surface area (Å²) in [6.45, 7) is 4.90. The normalized spacial score (nSPS) is 10.6. The van der Waals surface area contributed by atoms with Gasteiger partial charge in [0.2, 0.25) is 0 Å². The van der Waals surface area contributed by atoms with Crippen LogP contribution in [0.15, 0.2) is 18.3 Å². The van der Waals surface area contributed by atoms with Gasteiger partial charge in [-0.1, -0.05) is 13.8 Å². The number of aromatic nitrogens is 1. The van der Waals surface area contributed by atoms with Crippen LogP contribution in [0, 0.1) is 0 Å². The van der Waals surface area contributed by atoms with Crippen LogP contribution in [-0.2, 0) is 0 Å². The molecule has 1 rings (SSSR count). The van der Waals surface area contributed by atoms with Crippen LogP contribution in [0.1, 0.15) is 37.2 Å². The topological polar surface area (TPSA) is 65.5 Å². The number of anilines is 1. The third-order valence-electron chi connectivity index (χ3n) is 3.26. The SMILES string of the molecule is CCC(CC)N(CCO)c1ccnc(C(=O)NC)c1. The highest BCUT2D eigenvalue weighted by Gasteiger charge is 2.16. The molecule has 0 spiro atoms. The van der Waals surface area contributed by atoms with E-state index in [0.29, 0.717) is 18.3 Å². The minimum atomic E-state index is -0.199. The zero-order chi connectivity index (χ0) is 14.3. The summed E-state index contributed by atoms with van der Waals surface area (Å²) >= 11 is 0. The first kappa shape index (κ1) is 15.4. The van der Waals surface area contributed by atoms with E-state index in [-0.39, 0.29) is 12.5 Å². The third-order valence-corrected chi connectivity index (χ3v) is 3.26. The molecule has 19 heavy (non-hydrogen) atoms. The van der Waals surface area contributed by atoms with E-state index in [2.05, 4.69) is 29.0 Å². The minimum absolute atomic E-state index is 0.0914. The predicted molar refractivity (Wildman–Crippen MR) is 76.4 cm³/mol. The molecule has 0 bridgehead atoms. The van der Waals surface area contributed by atoms with Crippen molar-refractivity contribution in [3.05, 3.63) is 24.0 Å². The van der Waals surface area contributed by atoms with Crippen LogP contribution in [0.4, 0.5) is 5.69 Å². The maximum atomic E-state index is 11.6. The molecule has 0 radical (unpaired) electrons. The quantitative estimate of drug-likeness (QED) is 0.782. The highest BCUT2D eigenvalue weighted by Crippen LogP contribution is 2.20. The first-order valence-electron chi connectivity index (χ1n) is 6.73. The van der Waals surface area contributed by atoms with Crippen molar-refractivity contribution in [2.45, 2.75) is 32.7 Å². The highest BCUT2D eigenvalue weighted by atomic mass is 16.3. The lowest BCUT2D eigenvalue weighted by molar-refractivity contribution is 0.0958. The molecule has 106 valence electrons. The van der Waals surface area contributed by atoms with E-state index in [1.807, 2.05) is 6.07 Å². The van der Waals surface area contributed by atoms with Gasteiger partial charge in [0.15, 0.2) is 0 Å². The van der Waals surface area contributed by atoms with Crippen molar-refractivity contribution in [2.24, 2.45) is 0 Å². The van der Waals surface area contributed by atoms with E-state index in [9.17, 15) is 9.90 Å². The van der Waals surface area contributed by atoms with Crippen molar-refractivity contribution in [3.8, 4) is 0 Å². The van der Waals surface area contributed by atoms with Crippen molar-refractivity contribution in [1.29, 1.82) is 0 Å². The molecule has 0 fully saturated rings. The maximum absolute atomic E-state index is 11.6. The molecule has 0 saturated heterocycles. The number of carbonyl (C=O) groups excluding carboxylic acids is 1. The van der Waals surface area contributed by atoms with Gasteiger partial charge >= 0.3 is 0 Å². The van der Waals surface area contributed by atoms with Crippen LogP contribution in [0.25, 0.3) is 0 Å². The van der Waals surface area contributed by atoms with Crippen molar-refractivity contribution in [2.75, 3.05) is 25.1 Å². The molecular weight excluding hydrogens is 242 g/mol. The number of nitrogens with zero attached hydrogens (tertiary/aromatic N) is 2. The summed E-state index contributed by atoms with van der Waals surface area (Å²) < 4.78 is 0. The summed E-state index contributed by atoms with van der Waals surface area (Å²) in [4.78, 5) is 17.8. The lowest BCUT2D eigenvalue weighted by atomic mass is 10.1. The van der Waals surface area contributed by atoms with E-state index in [1.165, 1.54) is 0 Å². The van der Waals surface area contributed by atoms with Gasteiger partial charge in [-0.25, -0.2) is 0 Å². The molecule has 0 atom stereocenters. The Hall–Kier alpha value is -1.62. The summed E-state index contributed by atoms with van der Waals surface area (Å²) in [5.74, 6) is -0.199. The van der Waals surface area contributed by atoms with Crippen molar-refractivity contribution in [3.63, 3.8) is 0 Å². The molecule has 2 N–H and O–H groups in total. The van der Waals surface area contributed by atoms with Crippen molar-refractivity contribution < 1.29 is 9.90 Å². The lowest BCUT2D eigenvalue weighted by Crippen LogP contribution is -2.37. The second-order valence-electron chi connectivity index (χ2n) is 4.37. The van der Waals surface area contributed by atoms with E-state index >= 15 is 0 Å². The fraction of sp³-hybridized carbons (Fsp3) is 0.571. The second-order valence-corrected chi connectivity index (χ2v) is 4.37. The Kier molecular flexibility index (Phi) is 6.29. The first-order valence-corrected chi connectivity index (χ1v) is 6.73. The van der Waals surface area contributed by atoms with Gasteiger partial charge in [-0.05, 0) is 25.0 Å². The molecule has 0 aliphatic heterocycles. The molecule has 1 aromatic heterocycles. The molecule has 1 aromatic rings. The number of aliphatic hydroxyl groups excluding tert-OH is 1. The maximum Gasteiger partial charge on any atom is 0.269 e. The fourth-order valence-electron chi connectivity index (χ4n) is 2.21. The van der Waals surface area contributed by atoms with E-state index in [0.717, 1.165) is 18.5 Å². The Balaban J connectivity index is 3.05. The van der Waals surface area contributed by atoms with Gasteiger partial charge in [-0.2, -0.15) is 0 Å². The van der Waals surface area contributed by atoms with Gasteiger partial charge < -0.3 is 15.3 Å². The molecule has 5 nitrogen and oxygen atoms in total. The Labute approximate surface area is 114 Å². The molecule has 0 saturated carbocycles. The fourth-order valence-corrected chi connectivity index (χ4v) is 2.21. The van der Waals surface area contributed by atoms with Crippen LogP contribution in [0.3, 0.4) is 0 Å². The number of rotatable bonds is 7. The summed E-state index contributed by atoms with van der Waals surface area (Å²) in [5, 5.41) is 11.8. The number of hydrogen-bond donors (Lipinski definition) is 2. The van der Waals surface area contributed by atoms with Crippen LogP contribution in [0.2, 0.25) is 0 Å². The number of pyridine rings is 1.